The second-order valence-corrected chi connectivity index (χ2v) is 7.86. The van der Waals surface area contributed by atoms with Crippen molar-refractivity contribution in [3.63, 3.8) is 0 Å². The molecule has 1 saturated heterocycles. The molecule has 2 unspecified atom stereocenters. The highest BCUT2D eigenvalue weighted by atomic mass is 127. The van der Waals surface area contributed by atoms with Crippen LogP contribution in [0, 0.1) is 5.82 Å². The Morgan fingerprint density at radius 1 is 1.12 bits per heavy atom. The minimum Gasteiger partial charge on any atom is -0.379 e. The summed E-state index contributed by atoms with van der Waals surface area (Å²) < 4.78 is 30.4. The molecular formula is C25H35FIN3O3. The molecule has 1 aliphatic heterocycles. The lowest BCUT2D eigenvalue weighted by Gasteiger charge is -2.38. The standard InChI is InChI=1S/C25H34FN3O3.HI/c1-4-30-12-13-31-18-21-7-5-6-20(14-21)15-28-25(27-3)29-16-19(2)32-24(17-29)22-8-10-23(26)11-9-22;/h5-11,14,19,24H,4,12-13,15-18H2,1-3H3,(H,27,28);1H. The number of ether oxygens (including phenoxy) is 3. The van der Waals surface area contributed by atoms with Crippen molar-refractivity contribution < 1.29 is 18.6 Å². The fourth-order valence-electron chi connectivity index (χ4n) is 3.78. The van der Waals surface area contributed by atoms with Gasteiger partial charge in [0.2, 0.25) is 0 Å². The third-order valence-electron chi connectivity index (χ3n) is 5.30. The number of hydrogen-bond acceptors (Lipinski definition) is 4. The van der Waals surface area contributed by atoms with Crippen molar-refractivity contribution in [2.45, 2.75) is 39.2 Å². The van der Waals surface area contributed by atoms with Gasteiger partial charge in [-0.3, -0.25) is 4.99 Å². The van der Waals surface area contributed by atoms with Gasteiger partial charge >= 0.3 is 0 Å². The van der Waals surface area contributed by atoms with Crippen LogP contribution < -0.4 is 5.32 Å². The van der Waals surface area contributed by atoms with Gasteiger partial charge in [0.15, 0.2) is 5.96 Å². The highest BCUT2D eigenvalue weighted by Gasteiger charge is 2.28. The summed E-state index contributed by atoms with van der Waals surface area (Å²) in [5, 5.41) is 3.47. The lowest BCUT2D eigenvalue weighted by Crippen LogP contribution is -2.50. The molecule has 182 valence electrons. The molecule has 2 atom stereocenters. The smallest absolute Gasteiger partial charge is 0.194 e. The fourth-order valence-corrected chi connectivity index (χ4v) is 3.78. The summed E-state index contributed by atoms with van der Waals surface area (Å²) in [6, 6.07) is 14.9. The summed E-state index contributed by atoms with van der Waals surface area (Å²) in [6.45, 7) is 8.56. The SMILES string of the molecule is CCOCCOCc1cccc(CNC(=NC)N2CC(C)OC(c3ccc(F)cc3)C2)c1.I. The molecule has 8 heteroatoms. The van der Waals surface area contributed by atoms with Crippen LogP contribution in [0.2, 0.25) is 0 Å². The maximum atomic E-state index is 13.3. The topological polar surface area (TPSA) is 55.3 Å². The fraction of sp³-hybridized carbons (Fsp3) is 0.480. The number of nitrogens with one attached hydrogen (secondary N) is 1. The normalized spacial score (nSPS) is 18.7. The van der Waals surface area contributed by atoms with Crippen molar-refractivity contribution in [2.24, 2.45) is 4.99 Å². The summed E-state index contributed by atoms with van der Waals surface area (Å²) in [5.74, 6) is 0.583. The Bertz CT molecular complexity index is 866. The minimum atomic E-state index is -0.242. The maximum Gasteiger partial charge on any atom is 0.194 e. The van der Waals surface area contributed by atoms with Gasteiger partial charge in [0.25, 0.3) is 0 Å². The van der Waals surface area contributed by atoms with Crippen LogP contribution in [0.3, 0.4) is 0 Å². The Hall–Kier alpha value is -1.75. The van der Waals surface area contributed by atoms with Crippen LogP contribution in [0.5, 0.6) is 0 Å². The Balaban J connectivity index is 0.00000385. The average molecular weight is 571 g/mol. The number of nitrogens with zero attached hydrogens (tertiary/aromatic N) is 2. The molecule has 0 bridgehead atoms. The van der Waals surface area contributed by atoms with E-state index in [1.54, 1.807) is 19.2 Å². The van der Waals surface area contributed by atoms with E-state index in [1.807, 2.05) is 19.9 Å². The molecule has 3 rings (SSSR count). The van der Waals surface area contributed by atoms with E-state index in [2.05, 4.69) is 33.4 Å². The van der Waals surface area contributed by atoms with E-state index < -0.39 is 0 Å². The van der Waals surface area contributed by atoms with Gasteiger partial charge in [-0.25, -0.2) is 4.39 Å². The zero-order chi connectivity index (χ0) is 22.8. The first-order chi connectivity index (χ1) is 15.6. The van der Waals surface area contributed by atoms with E-state index in [1.165, 1.54) is 12.1 Å². The molecule has 2 aromatic rings. The number of aliphatic imine (C=N–C) groups is 1. The summed E-state index contributed by atoms with van der Waals surface area (Å²) in [5.41, 5.74) is 3.26. The predicted octanol–water partition coefficient (Wildman–Crippen LogP) is 4.53. The van der Waals surface area contributed by atoms with Crippen LogP contribution in [-0.2, 0) is 27.4 Å². The molecular weight excluding hydrogens is 536 g/mol. The van der Waals surface area contributed by atoms with Crippen molar-refractivity contribution in [1.82, 2.24) is 10.2 Å². The Labute approximate surface area is 213 Å². The molecule has 6 nitrogen and oxygen atoms in total. The lowest BCUT2D eigenvalue weighted by molar-refractivity contribution is -0.0605. The minimum absolute atomic E-state index is 0. The van der Waals surface area contributed by atoms with Crippen LogP contribution in [0.4, 0.5) is 4.39 Å². The van der Waals surface area contributed by atoms with E-state index in [0.29, 0.717) is 39.5 Å². The molecule has 2 aromatic carbocycles. The van der Waals surface area contributed by atoms with Crippen LogP contribution in [0.15, 0.2) is 53.5 Å². The summed E-state index contributed by atoms with van der Waals surface area (Å²) in [4.78, 5) is 6.68. The first kappa shape index (κ1) is 27.5. The summed E-state index contributed by atoms with van der Waals surface area (Å²) >= 11 is 0. The van der Waals surface area contributed by atoms with Gasteiger partial charge in [-0.15, -0.1) is 24.0 Å². The predicted molar refractivity (Wildman–Crippen MR) is 139 cm³/mol. The number of hydrogen-bond donors (Lipinski definition) is 1. The number of halogens is 2. The van der Waals surface area contributed by atoms with E-state index in [9.17, 15) is 4.39 Å². The third kappa shape index (κ3) is 8.84. The van der Waals surface area contributed by atoms with Crippen LogP contribution in [-0.4, -0.2) is 56.9 Å². The Morgan fingerprint density at radius 3 is 2.58 bits per heavy atom. The summed E-state index contributed by atoms with van der Waals surface area (Å²) in [7, 11) is 1.79. The quantitative estimate of drug-likeness (QED) is 0.208. The third-order valence-corrected chi connectivity index (χ3v) is 5.30. The highest BCUT2D eigenvalue weighted by Crippen LogP contribution is 2.25. The summed E-state index contributed by atoms with van der Waals surface area (Å²) in [6.07, 6.45) is -0.0930. The van der Waals surface area contributed by atoms with Crippen molar-refractivity contribution in [1.29, 1.82) is 0 Å². The molecule has 0 spiro atoms. The largest absolute Gasteiger partial charge is 0.379 e. The monoisotopic (exact) mass is 571 g/mol. The van der Waals surface area contributed by atoms with E-state index in [0.717, 1.165) is 29.2 Å². The van der Waals surface area contributed by atoms with Gasteiger partial charge in [-0.05, 0) is 42.7 Å². The second-order valence-electron chi connectivity index (χ2n) is 7.86. The highest BCUT2D eigenvalue weighted by molar-refractivity contribution is 14.0. The van der Waals surface area contributed by atoms with Gasteiger partial charge in [0, 0.05) is 26.7 Å². The van der Waals surface area contributed by atoms with Gasteiger partial charge in [0.05, 0.1) is 32.5 Å². The molecule has 0 saturated carbocycles. The van der Waals surface area contributed by atoms with Gasteiger partial charge in [0.1, 0.15) is 11.9 Å². The zero-order valence-electron chi connectivity index (χ0n) is 19.6. The van der Waals surface area contributed by atoms with Gasteiger partial charge < -0.3 is 24.4 Å². The van der Waals surface area contributed by atoms with Crippen molar-refractivity contribution in [2.75, 3.05) is 40.0 Å². The van der Waals surface area contributed by atoms with Crippen molar-refractivity contribution >= 4 is 29.9 Å². The first-order valence-corrected chi connectivity index (χ1v) is 11.2. The number of morpholine rings is 1. The van der Waals surface area contributed by atoms with E-state index >= 15 is 0 Å². The van der Waals surface area contributed by atoms with Crippen LogP contribution in [0.1, 0.15) is 36.6 Å². The number of rotatable bonds is 9. The van der Waals surface area contributed by atoms with Gasteiger partial charge in [-0.2, -0.15) is 0 Å². The molecule has 0 amide bonds. The molecule has 0 radical (unpaired) electrons. The molecule has 1 N–H and O–H groups in total. The van der Waals surface area contributed by atoms with Crippen molar-refractivity contribution in [3.8, 4) is 0 Å². The molecule has 1 aliphatic rings. The van der Waals surface area contributed by atoms with Crippen molar-refractivity contribution in [3.05, 3.63) is 71.0 Å². The lowest BCUT2D eigenvalue weighted by atomic mass is 10.1. The van der Waals surface area contributed by atoms with E-state index in [-0.39, 0.29) is 42.0 Å². The Morgan fingerprint density at radius 2 is 1.85 bits per heavy atom. The number of benzene rings is 2. The van der Waals surface area contributed by atoms with Gasteiger partial charge in [-0.1, -0.05) is 36.4 Å². The first-order valence-electron chi connectivity index (χ1n) is 11.2. The molecule has 1 fully saturated rings. The Kier molecular flexibility index (Phi) is 12.1. The molecule has 33 heavy (non-hydrogen) atoms. The number of guanidine groups is 1. The maximum absolute atomic E-state index is 13.3. The molecule has 0 aliphatic carbocycles. The molecule has 1 heterocycles. The average Bonchev–Trinajstić information content (AvgIpc) is 2.80. The van der Waals surface area contributed by atoms with E-state index in [4.69, 9.17) is 14.2 Å². The van der Waals surface area contributed by atoms with Crippen LogP contribution in [0.25, 0.3) is 0 Å². The molecule has 0 aromatic heterocycles. The van der Waals surface area contributed by atoms with Crippen LogP contribution >= 0.6 is 24.0 Å². The second kappa shape index (κ2) is 14.5. The zero-order valence-corrected chi connectivity index (χ0v) is 22.0.